The molecule has 100 valence electrons. The number of carbonyl (C=O) groups is 1. The summed E-state index contributed by atoms with van der Waals surface area (Å²) in [5.74, 6) is 0.874. The number of benzene rings is 1. The predicted octanol–water partition coefficient (Wildman–Crippen LogP) is 1.33. The standard InChI is InChI=1S/C14H22N2O2/c1-10-7-12(3)13(8-11(10)2)18-6-5-16-14(17)9-15-4/h7-8,15H,5-6,9H2,1-4H3,(H,16,17). The van der Waals surface area contributed by atoms with E-state index < -0.39 is 0 Å². The minimum Gasteiger partial charge on any atom is -0.491 e. The normalized spacial score (nSPS) is 10.2. The predicted molar refractivity (Wildman–Crippen MR) is 73.1 cm³/mol. The Bertz CT molecular complexity index is 417. The summed E-state index contributed by atoms with van der Waals surface area (Å²) >= 11 is 0. The van der Waals surface area contributed by atoms with Gasteiger partial charge < -0.3 is 15.4 Å². The van der Waals surface area contributed by atoms with Crippen LogP contribution in [0.1, 0.15) is 16.7 Å². The van der Waals surface area contributed by atoms with Gasteiger partial charge in [-0.3, -0.25) is 4.79 Å². The minimum atomic E-state index is -0.0158. The Hall–Kier alpha value is -1.55. The van der Waals surface area contributed by atoms with Gasteiger partial charge in [0.05, 0.1) is 13.1 Å². The van der Waals surface area contributed by atoms with Crippen LogP contribution in [-0.4, -0.2) is 32.7 Å². The van der Waals surface area contributed by atoms with Gasteiger partial charge in [0.2, 0.25) is 5.91 Å². The van der Waals surface area contributed by atoms with E-state index >= 15 is 0 Å². The number of nitrogens with one attached hydrogen (secondary N) is 2. The molecule has 18 heavy (non-hydrogen) atoms. The molecule has 0 aliphatic heterocycles. The molecule has 0 heterocycles. The molecule has 1 aromatic carbocycles. The van der Waals surface area contributed by atoms with Crippen LogP contribution in [0.25, 0.3) is 0 Å². The molecular weight excluding hydrogens is 228 g/mol. The lowest BCUT2D eigenvalue weighted by Crippen LogP contribution is -2.34. The number of rotatable bonds is 6. The average molecular weight is 250 g/mol. The van der Waals surface area contributed by atoms with Crippen molar-refractivity contribution in [1.82, 2.24) is 10.6 Å². The summed E-state index contributed by atoms with van der Waals surface area (Å²) in [6.45, 7) is 7.52. The van der Waals surface area contributed by atoms with E-state index in [0.29, 0.717) is 19.7 Å². The Kier molecular flexibility index (Phi) is 5.65. The quantitative estimate of drug-likeness (QED) is 0.749. The monoisotopic (exact) mass is 250 g/mol. The fourth-order valence-electron chi connectivity index (χ4n) is 1.66. The van der Waals surface area contributed by atoms with Gasteiger partial charge in [-0.1, -0.05) is 6.07 Å². The van der Waals surface area contributed by atoms with Crippen LogP contribution in [0.5, 0.6) is 5.75 Å². The van der Waals surface area contributed by atoms with Crippen molar-refractivity contribution in [1.29, 1.82) is 0 Å². The van der Waals surface area contributed by atoms with Gasteiger partial charge in [0.1, 0.15) is 12.4 Å². The van der Waals surface area contributed by atoms with Crippen molar-refractivity contribution >= 4 is 5.91 Å². The number of aryl methyl sites for hydroxylation is 3. The summed E-state index contributed by atoms with van der Waals surface area (Å²) in [6.07, 6.45) is 0. The second-order valence-corrected chi connectivity index (χ2v) is 4.43. The van der Waals surface area contributed by atoms with Crippen LogP contribution >= 0.6 is 0 Å². The molecule has 1 aromatic rings. The first-order chi connectivity index (χ1) is 8.54. The molecule has 0 atom stereocenters. The highest BCUT2D eigenvalue weighted by atomic mass is 16.5. The maximum Gasteiger partial charge on any atom is 0.234 e. The van der Waals surface area contributed by atoms with E-state index in [1.165, 1.54) is 11.1 Å². The van der Waals surface area contributed by atoms with Crippen LogP contribution in [0.3, 0.4) is 0 Å². The largest absolute Gasteiger partial charge is 0.491 e. The molecule has 0 bridgehead atoms. The van der Waals surface area contributed by atoms with E-state index in [0.717, 1.165) is 11.3 Å². The third-order valence-corrected chi connectivity index (χ3v) is 2.81. The van der Waals surface area contributed by atoms with Crippen molar-refractivity contribution in [3.05, 3.63) is 28.8 Å². The van der Waals surface area contributed by atoms with Crippen LogP contribution in [-0.2, 0) is 4.79 Å². The van der Waals surface area contributed by atoms with Gasteiger partial charge in [-0.05, 0) is 50.6 Å². The molecule has 0 fully saturated rings. The molecule has 0 radical (unpaired) electrons. The van der Waals surface area contributed by atoms with Crippen LogP contribution in [0.4, 0.5) is 0 Å². The molecule has 0 spiro atoms. The fraction of sp³-hybridized carbons (Fsp3) is 0.500. The first-order valence-corrected chi connectivity index (χ1v) is 6.16. The highest BCUT2D eigenvalue weighted by Crippen LogP contribution is 2.22. The highest BCUT2D eigenvalue weighted by Gasteiger charge is 2.03. The second-order valence-electron chi connectivity index (χ2n) is 4.43. The van der Waals surface area contributed by atoms with Crippen molar-refractivity contribution in [3.8, 4) is 5.75 Å². The Labute approximate surface area is 109 Å². The van der Waals surface area contributed by atoms with Gasteiger partial charge in [0.15, 0.2) is 0 Å². The Morgan fingerprint density at radius 3 is 2.50 bits per heavy atom. The van der Waals surface area contributed by atoms with Crippen molar-refractivity contribution in [2.45, 2.75) is 20.8 Å². The van der Waals surface area contributed by atoms with E-state index in [2.05, 4.69) is 30.5 Å². The van der Waals surface area contributed by atoms with Crippen LogP contribution in [0, 0.1) is 20.8 Å². The van der Waals surface area contributed by atoms with Crippen molar-refractivity contribution in [3.63, 3.8) is 0 Å². The third-order valence-electron chi connectivity index (χ3n) is 2.81. The summed E-state index contributed by atoms with van der Waals surface area (Å²) in [5.41, 5.74) is 3.61. The summed E-state index contributed by atoms with van der Waals surface area (Å²) < 4.78 is 5.67. The van der Waals surface area contributed by atoms with Gasteiger partial charge in [-0.2, -0.15) is 0 Å². The van der Waals surface area contributed by atoms with Gasteiger partial charge in [0, 0.05) is 0 Å². The molecule has 0 aliphatic carbocycles. The Morgan fingerprint density at radius 2 is 1.83 bits per heavy atom. The molecule has 2 N–H and O–H groups in total. The number of hydrogen-bond donors (Lipinski definition) is 2. The fourth-order valence-corrected chi connectivity index (χ4v) is 1.66. The summed E-state index contributed by atoms with van der Waals surface area (Å²) in [6, 6.07) is 4.16. The maximum absolute atomic E-state index is 11.2. The number of amides is 1. The second kappa shape index (κ2) is 7.01. The summed E-state index contributed by atoms with van der Waals surface area (Å²) in [4.78, 5) is 11.2. The molecule has 0 unspecified atom stereocenters. The third kappa shape index (κ3) is 4.37. The van der Waals surface area contributed by atoms with Gasteiger partial charge in [-0.25, -0.2) is 0 Å². The molecular formula is C14H22N2O2. The molecule has 0 aliphatic rings. The molecule has 1 amide bonds. The van der Waals surface area contributed by atoms with Gasteiger partial charge in [0.25, 0.3) is 0 Å². The maximum atomic E-state index is 11.2. The highest BCUT2D eigenvalue weighted by molar-refractivity contribution is 5.77. The number of ether oxygens (including phenoxy) is 1. The lowest BCUT2D eigenvalue weighted by Gasteiger charge is -2.12. The zero-order chi connectivity index (χ0) is 13.5. The van der Waals surface area contributed by atoms with Crippen molar-refractivity contribution < 1.29 is 9.53 Å². The minimum absolute atomic E-state index is 0.0158. The van der Waals surface area contributed by atoms with Crippen LogP contribution in [0.15, 0.2) is 12.1 Å². The lowest BCUT2D eigenvalue weighted by atomic mass is 10.1. The first kappa shape index (κ1) is 14.5. The van der Waals surface area contributed by atoms with Crippen molar-refractivity contribution in [2.75, 3.05) is 26.7 Å². The Morgan fingerprint density at radius 1 is 1.17 bits per heavy atom. The SMILES string of the molecule is CNCC(=O)NCCOc1cc(C)c(C)cc1C. The summed E-state index contributed by atoms with van der Waals surface area (Å²) in [5, 5.41) is 5.57. The molecule has 4 nitrogen and oxygen atoms in total. The molecule has 1 rings (SSSR count). The Balaban J connectivity index is 2.40. The van der Waals surface area contributed by atoms with E-state index in [1.54, 1.807) is 7.05 Å². The van der Waals surface area contributed by atoms with E-state index in [1.807, 2.05) is 13.0 Å². The average Bonchev–Trinajstić information content (AvgIpc) is 2.31. The van der Waals surface area contributed by atoms with Crippen LogP contribution < -0.4 is 15.4 Å². The van der Waals surface area contributed by atoms with Crippen LogP contribution in [0.2, 0.25) is 0 Å². The number of hydrogen-bond acceptors (Lipinski definition) is 3. The topological polar surface area (TPSA) is 50.4 Å². The number of carbonyl (C=O) groups excluding carboxylic acids is 1. The van der Waals surface area contributed by atoms with Gasteiger partial charge >= 0.3 is 0 Å². The molecule has 0 saturated heterocycles. The zero-order valence-corrected chi connectivity index (χ0v) is 11.6. The summed E-state index contributed by atoms with van der Waals surface area (Å²) in [7, 11) is 1.74. The zero-order valence-electron chi connectivity index (χ0n) is 11.6. The molecule has 0 saturated carbocycles. The lowest BCUT2D eigenvalue weighted by molar-refractivity contribution is -0.120. The number of likely N-dealkylation sites (N-methyl/N-ethyl adjacent to an activating group) is 1. The first-order valence-electron chi connectivity index (χ1n) is 6.16. The van der Waals surface area contributed by atoms with Gasteiger partial charge in [-0.15, -0.1) is 0 Å². The smallest absolute Gasteiger partial charge is 0.234 e. The van der Waals surface area contributed by atoms with E-state index in [9.17, 15) is 4.79 Å². The van der Waals surface area contributed by atoms with E-state index in [-0.39, 0.29) is 5.91 Å². The molecule has 0 aromatic heterocycles. The molecule has 4 heteroatoms. The van der Waals surface area contributed by atoms with E-state index in [4.69, 9.17) is 4.74 Å². The van der Waals surface area contributed by atoms with Crippen molar-refractivity contribution in [2.24, 2.45) is 0 Å².